The van der Waals surface area contributed by atoms with Gasteiger partial charge < -0.3 is 9.47 Å². The van der Waals surface area contributed by atoms with Crippen molar-refractivity contribution in [3.63, 3.8) is 0 Å². The highest BCUT2D eigenvalue weighted by molar-refractivity contribution is 5.87. The van der Waals surface area contributed by atoms with Gasteiger partial charge in [-0.2, -0.15) is 5.10 Å². The Morgan fingerprint density at radius 1 is 0.738 bits per heavy atom. The van der Waals surface area contributed by atoms with Crippen molar-refractivity contribution >= 4 is 29.5 Å². The van der Waals surface area contributed by atoms with Crippen LogP contribution in [-0.2, 0) is 37.7 Å². The summed E-state index contributed by atoms with van der Waals surface area (Å²) in [6.07, 6.45) is 4.15. The first-order valence-electron chi connectivity index (χ1n) is 13.6. The molecule has 1 aliphatic carbocycles. The summed E-state index contributed by atoms with van der Waals surface area (Å²) in [6, 6.07) is 30.3. The van der Waals surface area contributed by atoms with Gasteiger partial charge in [0, 0.05) is 17.6 Å². The lowest BCUT2D eigenvalue weighted by Crippen LogP contribution is -2.15. The third-order valence-electron chi connectivity index (χ3n) is 7.39. The fraction of sp³-hybridized carbons (Fsp3) is 0.139. The van der Waals surface area contributed by atoms with Gasteiger partial charge in [0.25, 0.3) is 0 Å². The lowest BCUT2D eigenvalue weighted by molar-refractivity contribution is -0.139. The largest absolute Gasteiger partial charge is 0.458 e. The van der Waals surface area contributed by atoms with Gasteiger partial charge in [-0.3, -0.25) is 0 Å². The molecule has 0 atom stereocenters. The van der Waals surface area contributed by atoms with E-state index >= 15 is 0 Å². The molecule has 42 heavy (non-hydrogen) atoms. The molecule has 0 bridgehead atoms. The molecule has 0 radical (unpaired) electrons. The molecule has 0 saturated heterocycles. The maximum atomic E-state index is 11.5. The van der Waals surface area contributed by atoms with Crippen molar-refractivity contribution in [2.75, 3.05) is 5.01 Å². The zero-order valence-corrected chi connectivity index (χ0v) is 23.7. The lowest BCUT2D eigenvalue weighted by Gasteiger charge is -2.22. The Bertz CT molecular complexity index is 1600. The summed E-state index contributed by atoms with van der Waals surface area (Å²) in [5.74, 6) is -0.936. The standard InChI is InChI=1S/C36H32N2O4/c1-5-34(39)41-23-25-11-16-28(17-12-25)38(29-18-13-26(14-19-29)24-42-35(40)6-2)37-22-27-15-20-31-30-9-7-8-10-32(30)36(3,4)33(31)21-27/h5-22H,1-2,23-24H2,3-4H3. The minimum absolute atomic E-state index is 0.106. The van der Waals surface area contributed by atoms with Crippen molar-refractivity contribution in [1.82, 2.24) is 0 Å². The van der Waals surface area contributed by atoms with Gasteiger partial charge in [0.05, 0.1) is 17.6 Å². The topological polar surface area (TPSA) is 68.2 Å². The van der Waals surface area contributed by atoms with Crippen LogP contribution in [0.15, 0.2) is 121 Å². The summed E-state index contributed by atoms with van der Waals surface area (Å²) in [5.41, 5.74) is 9.35. The van der Waals surface area contributed by atoms with Crippen LogP contribution in [0.5, 0.6) is 0 Å². The molecule has 0 aromatic heterocycles. The number of benzene rings is 4. The number of nitrogens with zero attached hydrogens (tertiary/aromatic N) is 2. The van der Waals surface area contributed by atoms with Crippen molar-refractivity contribution in [3.05, 3.63) is 144 Å². The van der Waals surface area contributed by atoms with E-state index in [-0.39, 0.29) is 18.6 Å². The van der Waals surface area contributed by atoms with E-state index in [0.717, 1.165) is 40.2 Å². The van der Waals surface area contributed by atoms with Gasteiger partial charge in [0.2, 0.25) is 0 Å². The first-order valence-corrected chi connectivity index (χ1v) is 13.6. The molecule has 0 N–H and O–H groups in total. The van der Waals surface area contributed by atoms with E-state index in [1.54, 1.807) is 0 Å². The number of esters is 2. The molecule has 4 aromatic rings. The zero-order valence-electron chi connectivity index (χ0n) is 23.7. The van der Waals surface area contributed by atoms with Crippen LogP contribution in [0, 0.1) is 0 Å². The van der Waals surface area contributed by atoms with Crippen LogP contribution in [0.3, 0.4) is 0 Å². The summed E-state index contributed by atoms with van der Waals surface area (Å²) in [5, 5.41) is 6.74. The Kier molecular flexibility index (Phi) is 8.16. The molecule has 0 saturated carbocycles. The summed E-state index contributed by atoms with van der Waals surface area (Å²) in [6.45, 7) is 11.7. The average Bonchev–Trinajstić information content (AvgIpc) is 3.25. The number of hydrazone groups is 1. The Labute approximate surface area is 246 Å². The predicted molar refractivity (Wildman–Crippen MR) is 167 cm³/mol. The molecule has 6 nitrogen and oxygen atoms in total. The fourth-order valence-electron chi connectivity index (χ4n) is 5.10. The van der Waals surface area contributed by atoms with E-state index in [4.69, 9.17) is 14.6 Å². The maximum absolute atomic E-state index is 11.5. The predicted octanol–water partition coefficient (Wildman–Crippen LogP) is 7.62. The molecule has 0 aliphatic heterocycles. The molecule has 0 unspecified atom stereocenters. The molecular weight excluding hydrogens is 524 g/mol. The average molecular weight is 557 g/mol. The monoisotopic (exact) mass is 556 g/mol. The van der Waals surface area contributed by atoms with Crippen LogP contribution in [0.1, 0.15) is 41.7 Å². The highest BCUT2D eigenvalue weighted by atomic mass is 16.5. The second-order valence-corrected chi connectivity index (χ2v) is 10.5. The second kappa shape index (κ2) is 12.1. The van der Waals surface area contributed by atoms with Gasteiger partial charge in [-0.15, -0.1) is 0 Å². The lowest BCUT2D eigenvalue weighted by atomic mass is 9.82. The minimum atomic E-state index is -0.468. The number of ether oxygens (including phenoxy) is 2. The van der Waals surface area contributed by atoms with Crippen LogP contribution in [0.2, 0.25) is 0 Å². The fourth-order valence-corrected chi connectivity index (χ4v) is 5.10. The minimum Gasteiger partial charge on any atom is -0.458 e. The Morgan fingerprint density at radius 3 is 1.81 bits per heavy atom. The van der Waals surface area contributed by atoms with Gasteiger partial charge in [-0.1, -0.05) is 87.7 Å². The Morgan fingerprint density at radius 2 is 1.26 bits per heavy atom. The summed E-state index contributed by atoms with van der Waals surface area (Å²) >= 11 is 0. The molecule has 4 aromatic carbocycles. The van der Waals surface area contributed by atoms with Crippen molar-refractivity contribution in [2.24, 2.45) is 5.10 Å². The van der Waals surface area contributed by atoms with Gasteiger partial charge >= 0.3 is 11.9 Å². The summed E-state index contributed by atoms with van der Waals surface area (Å²) in [4.78, 5) is 22.9. The van der Waals surface area contributed by atoms with E-state index in [9.17, 15) is 9.59 Å². The van der Waals surface area contributed by atoms with Gasteiger partial charge in [-0.05, 0) is 69.3 Å². The number of hydrogen-bond acceptors (Lipinski definition) is 6. The zero-order chi connectivity index (χ0) is 29.7. The maximum Gasteiger partial charge on any atom is 0.330 e. The number of rotatable bonds is 10. The third kappa shape index (κ3) is 5.93. The Hall–Kier alpha value is -5.23. The highest BCUT2D eigenvalue weighted by Crippen LogP contribution is 2.48. The Balaban J connectivity index is 1.44. The van der Waals surface area contributed by atoms with Crippen molar-refractivity contribution in [2.45, 2.75) is 32.5 Å². The molecule has 0 fully saturated rings. The number of carbonyl (C=O) groups is 2. The number of anilines is 2. The summed E-state index contributed by atoms with van der Waals surface area (Å²) < 4.78 is 10.3. The van der Waals surface area contributed by atoms with E-state index in [1.807, 2.05) is 59.8 Å². The van der Waals surface area contributed by atoms with Crippen molar-refractivity contribution in [3.8, 4) is 11.1 Å². The van der Waals surface area contributed by atoms with Crippen LogP contribution in [-0.4, -0.2) is 18.2 Å². The van der Waals surface area contributed by atoms with Crippen LogP contribution >= 0.6 is 0 Å². The van der Waals surface area contributed by atoms with Gasteiger partial charge in [-0.25, -0.2) is 14.6 Å². The van der Waals surface area contributed by atoms with E-state index in [0.29, 0.717) is 0 Å². The second-order valence-electron chi connectivity index (χ2n) is 10.5. The van der Waals surface area contributed by atoms with Crippen LogP contribution < -0.4 is 5.01 Å². The van der Waals surface area contributed by atoms with Gasteiger partial charge in [0.1, 0.15) is 13.2 Å². The van der Waals surface area contributed by atoms with Crippen LogP contribution in [0.4, 0.5) is 11.4 Å². The van der Waals surface area contributed by atoms with Crippen molar-refractivity contribution < 1.29 is 19.1 Å². The quantitative estimate of drug-likeness (QED) is 0.0870. The molecule has 0 spiro atoms. The highest BCUT2D eigenvalue weighted by Gasteiger charge is 2.35. The molecule has 0 amide bonds. The normalized spacial score (nSPS) is 12.7. The third-order valence-corrected chi connectivity index (χ3v) is 7.39. The molecular formula is C36H32N2O4. The number of hydrogen-bond donors (Lipinski definition) is 0. The van der Waals surface area contributed by atoms with Crippen molar-refractivity contribution in [1.29, 1.82) is 0 Å². The van der Waals surface area contributed by atoms with Gasteiger partial charge in [0.15, 0.2) is 0 Å². The SMILES string of the molecule is C=CC(=O)OCc1ccc(N(N=Cc2ccc3c(c2)C(C)(C)c2ccccc2-3)c2ccc(COC(=O)C=C)cc2)cc1. The number of carbonyl (C=O) groups excluding carboxylic acids is 2. The van der Waals surface area contributed by atoms with Crippen LogP contribution in [0.25, 0.3) is 11.1 Å². The molecule has 0 heterocycles. The molecule has 210 valence electrons. The number of fused-ring (bicyclic) bond motifs is 3. The van der Waals surface area contributed by atoms with E-state index in [2.05, 4.69) is 69.5 Å². The smallest absolute Gasteiger partial charge is 0.330 e. The molecule has 1 aliphatic rings. The van der Waals surface area contributed by atoms with E-state index in [1.165, 1.54) is 22.3 Å². The first kappa shape index (κ1) is 28.3. The van der Waals surface area contributed by atoms with E-state index < -0.39 is 11.9 Å². The molecule has 6 heteroatoms. The summed E-state index contributed by atoms with van der Waals surface area (Å²) in [7, 11) is 0. The molecule has 5 rings (SSSR count). The first-order chi connectivity index (χ1) is 20.3.